The van der Waals surface area contributed by atoms with Gasteiger partial charge in [0.25, 0.3) is 0 Å². The minimum absolute atomic E-state index is 0.0159. The third-order valence-corrected chi connectivity index (χ3v) is 2.25. The van der Waals surface area contributed by atoms with Crippen LogP contribution in [0.5, 0.6) is 5.75 Å². The van der Waals surface area contributed by atoms with Crippen molar-refractivity contribution < 1.29 is 15.3 Å². The number of halogens is 1. The molecule has 0 aromatic carbocycles. The number of anilines is 1. The van der Waals surface area contributed by atoms with Crippen molar-refractivity contribution in [2.24, 2.45) is 0 Å². The summed E-state index contributed by atoms with van der Waals surface area (Å²) in [6.45, 7) is 0. The highest BCUT2D eigenvalue weighted by Crippen LogP contribution is 2.24. The zero-order valence-electron chi connectivity index (χ0n) is 7.97. The number of pyridine rings is 1. The van der Waals surface area contributed by atoms with Crippen molar-refractivity contribution in [3.63, 3.8) is 0 Å². The first-order chi connectivity index (χ1) is 7.06. The first-order valence-electron chi connectivity index (χ1n) is 4.42. The normalized spacial score (nSPS) is 14.9. The van der Waals surface area contributed by atoms with Crippen molar-refractivity contribution >= 4 is 17.4 Å². The van der Waals surface area contributed by atoms with E-state index in [4.69, 9.17) is 17.3 Å². The topological polar surface area (TPSA) is 99.6 Å². The molecule has 0 spiro atoms. The van der Waals surface area contributed by atoms with Gasteiger partial charge in [-0.3, -0.25) is 0 Å². The third kappa shape index (κ3) is 2.95. The number of nitrogens with two attached hydrogens (primary N) is 1. The number of aliphatic hydroxyl groups excluding tert-OH is 2. The molecular formula is C9H13ClN2O3. The predicted molar refractivity (Wildman–Crippen MR) is 56.6 cm³/mol. The smallest absolute Gasteiger partial charge is 0.165 e. The lowest BCUT2D eigenvalue weighted by molar-refractivity contribution is 0.0167. The van der Waals surface area contributed by atoms with Crippen LogP contribution in [0.1, 0.15) is 18.1 Å². The van der Waals surface area contributed by atoms with Gasteiger partial charge < -0.3 is 21.1 Å². The van der Waals surface area contributed by atoms with E-state index in [1.807, 2.05) is 0 Å². The summed E-state index contributed by atoms with van der Waals surface area (Å²) in [5.74, 6) is 0.00879. The van der Waals surface area contributed by atoms with Gasteiger partial charge in [-0.25, -0.2) is 4.98 Å². The molecule has 2 unspecified atom stereocenters. The van der Waals surface area contributed by atoms with Crippen LogP contribution in [-0.2, 0) is 0 Å². The van der Waals surface area contributed by atoms with Crippen LogP contribution >= 0.6 is 11.6 Å². The van der Waals surface area contributed by atoms with Gasteiger partial charge in [-0.2, -0.15) is 0 Å². The van der Waals surface area contributed by atoms with E-state index in [0.717, 1.165) is 0 Å². The maximum atomic E-state index is 9.63. The second kappa shape index (κ2) is 5.16. The van der Waals surface area contributed by atoms with E-state index in [-0.39, 0.29) is 23.9 Å². The first kappa shape index (κ1) is 12.0. The van der Waals surface area contributed by atoms with Gasteiger partial charge in [-0.15, -0.1) is 11.6 Å². The van der Waals surface area contributed by atoms with E-state index in [0.29, 0.717) is 5.56 Å². The van der Waals surface area contributed by atoms with Gasteiger partial charge in [0, 0.05) is 17.6 Å². The monoisotopic (exact) mass is 232 g/mol. The average molecular weight is 233 g/mol. The van der Waals surface area contributed by atoms with Gasteiger partial charge in [-0.1, -0.05) is 0 Å². The molecule has 0 aliphatic carbocycles. The number of rotatable bonds is 4. The number of aromatic hydroxyl groups is 1. The summed E-state index contributed by atoms with van der Waals surface area (Å²) >= 11 is 5.43. The van der Waals surface area contributed by atoms with Crippen LogP contribution in [0.25, 0.3) is 0 Å². The molecule has 0 radical (unpaired) electrons. The maximum Gasteiger partial charge on any atom is 0.165 e. The Balaban J connectivity index is 2.81. The van der Waals surface area contributed by atoms with E-state index in [9.17, 15) is 15.3 Å². The van der Waals surface area contributed by atoms with Crippen LogP contribution < -0.4 is 5.73 Å². The first-order valence-corrected chi connectivity index (χ1v) is 4.96. The van der Waals surface area contributed by atoms with E-state index < -0.39 is 12.2 Å². The van der Waals surface area contributed by atoms with Crippen molar-refractivity contribution in [3.05, 3.63) is 17.8 Å². The third-order valence-electron chi connectivity index (χ3n) is 2.03. The van der Waals surface area contributed by atoms with Gasteiger partial charge in [0.1, 0.15) is 6.10 Å². The van der Waals surface area contributed by atoms with Crippen molar-refractivity contribution in [1.29, 1.82) is 0 Å². The average Bonchev–Trinajstić information content (AvgIpc) is 2.21. The molecule has 0 amide bonds. The highest BCUT2D eigenvalue weighted by Gasteiger charge is 2.19. The number of hydrogen-bond acceptors (Lipinski definition) is 5. The van der Waals surface area contributed by atoms with E-state index in [2.05, 4.69) is 4.98 Å². The molecule has 15 heavy (non-hydrogen) atoms. The number of nitrogens with zero attached hydrogens (tertiary/aromatic N) is 1. The molecule has 6 heteroatoms. The molecule has 1 rings (SSSR count). The van der Waals surface area contributed by atoms with Crippen LogP contribution in [0.4, 0.5) is 5.82 Å². The van der Waals surface area contributed by atoms with Crippen molar-refractivity contribution in [2.45, 2.75) is 18.6 Å². The molecule has 0 saturated carbocycles. The fourth-order valence-corrected chi connectivity index (χ4v) is 1.36. The Morgan fingerprint density at radius 3 is 2.67 bits per heavy atom. The van der Waals surface area contributed by atoms with Crippen molar-refractivity contribution in [2.75, 3.05) is 11.6 Å². The lowest BCUT2D eigenvalue weighted by atomic mass is 10.0. The highest BCUT2D eigenvalue weighted by molar-refractivity contribution is 6.17. The lowest BCUT2D eigenvalue weighted by Crippen LogP contribution is -2.18. The van der Waals surface area contributed by atoms with Crippen LogP contribution in [0.3, 0.4) is 0 Å². The molecule has 0 aliphatic rings. The number of alkyl halides is 1. The summed E-state index contributed by atoms with van der Waals surface area (Å²) in [5, 5.41) is 28.3. The van der Waals surface area contributed by atoms with Gasteiger partial charge in [-0.05, 0) is 12.5 Å². The van der Waals surface area contributed by atoms with Gasteiger partial charge in [0.2, 0.25) is 0 Å². The second-order valence-electron chi connectivity index (χ2n) is 3.16. The Morgan fingerprint density at radius 1 is 1.47 bits per heavy atom. The standard InChI is InChI=1S/C9H13ClN2O3/c10-2-1-6(13)8(15)5-3-7(14)9(11)12-4-5/h3-4,6,8,13-15H,1-2H2,(H2,11,12). The quantitative estimate of drug-likeness (QED) is 0.563. The van der Waals surface area contributed by atoms with Crippen LogP contribution in [-0.4, -0.2) is 32.3 Å². The summed E-state index contributed by atoms with van der Waals surface area (Å²) in [4.78, 5) is 3.67. The number of nitrogen functional groups attached to an aromatic ring is 1. The van der Waals surface area contributed by atoms with Crippen LogP contribution in [0.2, 0.25) is 0 Å². The molecule has 1 aromatic rings. The second-order valence-corrected chi connectivity index (χ2v) is 3.54. The van der Waals surface area contributed by atoms with Crippen molar-refractivity contribution in [1.82, 2.24) is 4.98 Å². The minimum Gasteiger partial charge on any atom is -0.504 e. The molecule has 1 heterocycles. The summed E-state index contributed by atoms with van der Waals surface area (Å²) in [7, 11) is 0. The predicted octanol–water partition coefficient (Wildman–Crippen LogP) is 0.393. The lowest BCUT2D eigenvalue weighted by Gasteiger charge is -2.17. The zero-order chi connectivity index (χ0) is 11.4. The molecule has 5 nitrogen and oxygen atoms in total. The number of hydrogen-bond donors (Lipinski definition) is 4. The Morgan fingerprint density at radius 2 is 2.13 bits per heavy atom. The molecule has 0 fully saturated rings. The Kier molecular flexibility index (Phi) is 4.14. The van der Waals surface area contributed by atoms with E-state index >= 15 is 0 Å². The molecule has 0 saturated heterocycles. The molecule has 0 aliphatic heterocycles. The van der Waals surface area contributed by atoms with Crippen LogP contribution in [0, 0.1) is 0 Å². The zero-order valence-corrected chi connectivity index (χ0v) is 8.72. The Hall–Kier alpha value is -1.04. The molecule has 1 aromatic heterocycles. The summed E-state index contributed by atoms with van der Waals surface area (Å²) in [5.41, 5.74) is 5.60. The number of aromatic nitrogens is 1. The highest BCUT2D eigenvalue weighted by atomic mass is 35.5. The minimum atomic E-state index is -1.12. The SMILES string of the molecule is Nc1ncc(C(O)C(O)CCCl)cc1O. The summed E-state index contributed by atoms with van der Waals surface area (Å²) < 4.78 is 0. The molecular weight excluding hydrogens is 220 g/mol. The molecule has 0 bridgehead atoms. The number of aliphatic hydroxyl groups is 2. The van der Waals surface area contributed by atoms with Crippen LogP contribution in [0.15, 0.2) is 12.3 Å². The summed E-state index contributed by atoms with van der Waals surface area (Å²) in [6, 6.07) is 1.27. The maximum absolute atomic E-state index is 9.63. The largest absolute Gasteiger partial charge is 0.504 e. The molecule has 5 N–H and O–H groups in total. The fourth-order valence-electron chi connectivity index (χ4n) is 1.13. The Labute approximate surface area is 92.1 Å². The van der Waals surface area contributed by atoms with E-state index in [1.54, 1.807) is 0 Å². The molecule has 84 valence electrons. The summed E-state index contributed by atoms with van der Waals surface area (Å²) in [6.07, 6.45) is -0.541. The van der Waals surface area contributed by atoms with Gasteiger partial charge in [0.05, 0.1) is 6.10 Å². The van der Waals surface area contributed by atoms with Crippen molar-refractivity contribution in [3.8, 4) is 5.75 Å². The van der Waals surface area contributed by atoms with E-state index in [1.165, 1.54) is 12.3 Å². The van der Waals surface area contributed by atoms with Gasteiger partial charge >= 0.3 is 0 Å². The Bertz CT molecular complexity index is 335. The van der Waals surface area contributed by atoms with Gasteiger partial charge in [0.15, 0.2) is 11.6 Å². The molecule has 2 atom stereocenters. The fraction of sp³-hybridized carbons (Fsp3) is 0.444.